The Balaban J connectivity index is 1.38. The average molecular weight is 484 g/mol. The predicted octanol–water partition coefficient (Wildman–Crippen LogP) is 5.05. The molecule has 2 aliphatic heterocycles. The molecule has 1 N–H and O–H groups in total. The standard InChI is InChI=1S/C28H33N7O/c1-19-14-21-8-11-35(17-23(21)27(31-19)34-12-9-28(3,18-29)10-13-34)32-24-7-6-22(15-25(24)36-5)26-30-16-20(2)33(26)4/h6-8,11,14-16,32H,9-10,12-13,17H2,1-5H3. The first kappa shape index (κ1) is 23.7. The number of rotatable bonds is 5. The van der Waals surface area contributed by atoms with Crippen molar-refractivity contribution in [2.45, 2.75) is 40.2 Å². The van der Waals surface area contributed by atoms with Gasteiger partial charge in [-0.25, -0.2) is 9.97 Å². The molecule has 3 aromatic rings. The lowest BCUT2D eigenvalue weighted by atomic mass is 9.82. The maximum atomic E-state index is 9.53. The minimum Gasteiger partial charge on any atom is -0.494 e. The molecule has 5 rings (SSSR count). The lowest BCUT2D eigenvalue weighted by Crippen LogP contribution is -2.40. The molecule has 2 aromatic heterocycles. The fourth-order valence-corrected chi connectivity index (χ4v) is 4.91. The number of nitrogens with one attached hydrogen (secondary N) is 1. The number of benzene rings is 1. The summed E-state index contributed by atoms with van der Waals surface area (Å²) in [5, 5.41) is 11.6. The van der Waals surface area contributed by atoms with E-state index in [2.05, 4.69) is 62.3 Å². The number of ether oxygens (including phenoxy) is 1. The molecule has 0 bridgehead atoms. The number of aromatic nitrogens is 3. The zero-order chi connectivity index (χ0) is 25.4. The Morgan fingerprint density at radius 1 is 1.17 bits per heavy atom. The molecule has 0 atom stereocenters. The number of fused-ring (bicyclic) bond motifs is 1. The SMILES string of the molecule is COc1cc(-c2ncc(C)n2C)ccc1NN1C=Cc2cc(C)nc(N3CCC(C)(C#N)CC3)c2C1. The van der Waals surface area contributed by atoms with Crippen LogP contribution in [0.4, 0.5) is 11.5 Å². The van der Waals surface area contributed by atoms with Crippen molar-refractivity contribution < 1.29 is 4.74 Å². The number of pyridine rings is 1. The van der Waals surface area contributed by atoms with Gasteiger partial charge in [-0.15, -0.1) is 0 Å². The van der Waals surface area contributed by atoms with Gasteiger partial charge in [-0.1, -0.05) is 0 Å². The first-order valence-electron chi connectivity index (χ1n) is 12.4. The van der Waals surface area contributed by atoms with E-state index in [0.29, 0.717) is 6.54 Å². The number of methoxy groups -OCH3 is 1. The summed E-state index contributed by atoms with van der Waals surface area (Å²) in [5.74, 6) is 2.68. The van der Waals surface area contributed by atoms with Crippen LogP contribution in [0.1, 0.15) is 42.3 Å². The monoisotopic (exact) mass is 483 g/mol. The van der Waals surface area contributed by atoms with Gasteiger partial charge in [0, 0.05) is 55.0 Å². The summed E-state index contributed by atoms with van der Waals surface area (Å²) >= 11 is 0. The third-order valence-electron chi connectivity index (χ3n) is 7.41. The Hall–Kier alpha value is -3.99. The van der Waals surface area contributed by atoms with Crippen molar-refractivity contribution in [3.8, 4) is 23.2 Å². The van der Waals surface area contributed by atoms with Crippen LogP contribution >= 0.6 is 0 Å². The molecule has 0 amide bonds. The number of nitriles is 1. The molecular weight excluding hydrogens is 450 g/mol. The highest BCUT2D eigenvalue weighted by Crippen LogP contribution is 2.36. The van der Waals surface area contributed by atoms with Gasteiger partial charge in [-0.05, 0) is 69.5 Å². The molecule has 0 aliphatic carbocycles. The van der Waals surface area contributed by atoms with E-state index in [9.17, 15) is 5.26 Å². The number of imidazole rings is 1. The molecule has 186 valence electrons. The van der Waals surface area contributed by atoms with E-state index in [1.807, 2.05) is 39.2 Å². The first-order valence-corrected chi connectivity index (χ1v) is 12.4. The van der Waals surface area contributed by atoms with Gasteiger partial charge in [0.2, 0.25) is 0 Å². The van der Waals surface area contributed by atoms with Crippen LogP contribution in [0.15, 0.2) is 36.7 Å². The molecule has 2 aliphatic rings. The summed E-state index contributed by atoms with van der Waals surface area (Å²) in [6, 6.07) is 10.7. The molecule has 1 fully saturated rings. The minimum atomic E-state index is -0.246. The summed E-state index contributed by atoms with van der Waals surface area (Å²) in [5.41, 5.74) is 9.64. The van der Waals surface area contributed by atoms with Gasteiger partial charge in [0.05, 0.1) is 30.8 Å². The Morgan fingerprint density at radius 3 is 2.61 bits per heavy atom. The second-order valence-electron chi connectivity index (χ2n) is 10.1. The average Bonchev–Trinajstić information content (AvgIpc) is 3.22. The van der Waals surface area contributed by atoms with Crippen molar-refractivity contribution >= 4 is 17.6 Å². The lowest BCUT2D eigenvalue weighted by molar-refractivity contribution is 0.335. The van der Waals surface area contributed by atoms with Gasteiger partial charge in [-0.3, -0.25) is 10.4 Å². The third kappa shape index (κ3) is 4.37. The van der Waals surface area contributed by atoms with E-state index in [-0.39, 0.29) is 5.41 Å². The second-order valence-corrected chi connectivity index (χ2v) is 10.1. The van der Waals surface area contributed by atoms with Crippen LogP contribution in [0.5, 0.6) is 5.75 Å². The van der Waals surface area contributed by atoms with E-state index in [4.69, 9.17) is 9.72 Å². The molecule has 1 aromatic carbocycles. The van der Waals surface area contributed by atoms with Gasteiger partial charge in [0.15, 0.2) is 0 Å². The second kappa shape index (κ2) is 9.23. The van der Waals surface area contributed by atoms with Gasteiger partial charge < -0.3 is 14.2 Å². The zero-order valence-corrected chi connectivity index (χ0v) is 21.7. The van der Waals surface area contributed by atoms with E-state index in [0.717, 1.165) is 66.0 Å². The Labute approximate surface area is 212 Å². The summed E-state index contributed by atoms with van der Waals surface area (Å²) < 4.78 is 7.80. The van der Waals surface area contributed by atoms with Gasteiger partial charge >= 0.3 is 0 Å². The van der Waals surface area contributed by atoms with Crippen molar-refractivity contribution in [2.24, 2.45) is 12.5 Å². The highest BCUT2D eigenvalue weighted by molar-refractivity contribution is 5.69. The van der Waals surface area contributed by atoms with Crippen molar-refractivity contribution in [2.75, 3.05) is 30.5 Å². The fourth-order valence-electron chi connectivity index (χ4n) is 4.91. The maximum absolute atomic E-state index is 9.53. The summed E-state index contributed by atoms with van der Waals surface area (Å²) in [4.78, 5) is 11.8. The van der Waals surface area contributed by atoms with Crippen LogP contribution in [0.25, 0.3) is 17.5 Å². The van der Waals surface area contributed by atoms with Crippen LogP contribution < -0.4 is 15.1 Å². The summed E-state index contributed by atoms with van der Waals surface area (Å²) in [6.45, 7) is 8.50. The number of anilines is 2. The van der Waals surface area contributed by atoms with Crippen LogP contribution in [0.2, 0.25) is 0 Å². The Bertz CT molecular complexity index is 1360. The maximum Gasteiger partial charge on any atom is 0.144 e. The van der Waals surface area contributed by atoms with Crippen LogP contribution in [0.3, 0.4) is 0 Å². The Kier molecular flexibility index (Phi) is 6.09. The van der Waals surface area contributed by atoms with Crippen LogP contribution in [-0.4, -0.2) is 39.7 Å². The van der Waals surface area contributed by atoms with E-state index in [1.54, 1.807) is 7.11 Å². The molecular formula is C28H33N7O. The van der Waals surface area contributed by atoms with E-state index >= 15 is 0 Å². The quantitative estimate of drug-likeness (QED) is 0.544. The molecule has 8 nitrogen and oxygen atoms in total. The number of hydrazine groups is 1. The normalized spacial score (nSPS) is 16.4. The summed E-state index contributed by atoms with van der Waals surface area (Å²) in [6.07, 6.45) is 7.77. The molecule has 4 heterocycles. The highest BCUT2D eigenvalue weighted by atomic mass is 16.5. The smallest absolute Gasteiger partial charge is 0.144 e. The Morgan fingerprint density at radius 2 is 1.94 bits per heavy atom. The van der Waals surface area contributed by atoms with Gasteiger partial charge in [0.25, 0.3) is 0 Å². The molecule has 0 radical (unpaired) electrons. The lowest BCUT2D eigenvalue weighted by Gasteiger charge is -2.38. The van der Waals surface area contributed by atoms with Crippen molar-refractivity contribution in [3.63, 3.8) is 0 Å². The molecule has 0 saturated carbocycles. The van der Waals surface area contributed by atoms with E-state index in [1.165, 1.54) is 11.1 Å². The van der Waals surface area contributed by atoms with Crippen molar-refractivity contribution in [1.82, 2.24) is 19.5 Å². The topological polar surface area (TPSA) is 82.2 Å². The largest absolute Gasteiger partial charge is 0.494 e. The molecule has 8 heteroatoms. The zero-order valence-electron chi connectivity index (χ0n) is 21.7. The number of aryl methyl sites for hydroxylation is 2. The first-order chi connectivity index (χ1) is 17.3. The van der Waals surface area contributed by atoms with Crippen molar-refractivity contribution in [3.05, 3.63) is 59.2 Å². The summed E-state index contributed by atoms with van der Waals surface area (Å²) in [7, 11) is 3.70. The molecule has 36 heavy (non-hydrogen) atoms. The number of piperidine rings is 1. The van der Waals surface area contributed by atoms with Crippen molar-refractivity contribution in [1.29, 1.82) is 5.26 Å². The number of hydrogen-bond donors (Lipinski definition) is 1. The number of hydrogen-bond acceptors (Lipinski definition) is 7. The molecule has 0 spiro atoms. The minimum absolute atomic E-state index is 0.246. The van der Waals surface area contributed by atoms with Gasteiger partial charge in [-0.2, -0.15) is 5.26 Å². The highest BCUT2D eigenvalue weighted by Gasteiger charge is 2.32. The third-order valence-corrected chi connectivity index (χ3v) is 7.41. The molecule has 1 saturated heterocycles. The molecule has 0 unspecified atom stereocenters. The van der Waals surface area contributed by atoms with Gasteiger partial charge in [0.1, 0.15) is 17.4 Å². The van der Waals surface area contributed by atoms with Crippen LogP contribution in [-0.2, 0) is 13.6 Å². The van der Waals surface area contributed by atoms with E-state index < -0.39 is 0 Å². The number of nitrogens with zero attached hydrogens (tertiary/aromatic N) is 6. The van der Waals surface area contributed by atoms with Crippen LogP contribution in [0, 0.1) is 30.6 Å². The fraction of sp³-hybridized carbons (Fsp3) is 0.393. The predicted molar refractivity (Wildman–Crippen MR) is 142 cm³/mol.